The van der Waals surface area contributed by atoms with Crippen LogP contribution in [0, 0.1) is 0 Å². The van der Waals surface area contributed by atoms with Crippen molar-refractivity contribution in [2.75, 3.05) is 59.5 Å². The highest BCUT2D eigenvalue weighted by Gasteiger charge is 2.26. The van der Waals surface area contributed by atoms with Crippen LogP contribution in [0.3, 0.4) is 0 Å². The summed E-state index contributed by atoms with van der Waals surface area (Å²) in [7, 11) is 1.54. The maximum atomic E-state index is 12.0. The third-order valence-electron chi connectivity index (χ3n) is 4.62. The van der Waals surface area contributed by atoms with Gasteiger partial charge in [0.25, 0.3) is 0 Å². The van der Waals surface area contributed by atoms with Crippen LogP contribution in [0.2, 0.25) is 0 Å². The molecule has 0 aliphatic carbocycles. The molecule has 1 aromatic heterocycles. The molecule has 1 aliphatic rings. The third-order valence-corrected chi connectivity index (χ3v) is 4.62. The molecule has 0 aromatic carbocycles. The number of rotatable bonds is 8. The van der Waals surface area contributed by atoms with E-state index in [2.05, 4.69) is 32.3 Å². The maximum absolute atomic E-state index is 12.0. The fourth-order valence-corrected chi connectivity index (χ4v) is 3.04. The first-order chi connectivity index (χ1) is 12.7. The standard InChI is InChI=1S/C18H29N5O3/c1-3-22-8-10-23(11-9-22)16(15-5-4-6-19-13-15)14-21-18(25)17(24)20-7-12-26-2/h4-6,13,16H,3,7-12,14H2,1-2H3,(H,20,24)(H,21,25)/t16-/m1/s1. The van der Waals surface area contributed by atoms with Gasteiger partial charge in [-0.2, -0.15) is 0 Å². The molecule has 1 aromatic rings. The van der Waals surface area contributed by atoms with Crippen LogP contribution in [0.5, 0.6) is 0 Å². The van der Waals surface area contributed by atoms with E-state index in [-0.39, 0.29) is 6.04 Å². The maximum Gasteiger partial charge on any atom is 0.309 e. The van der Waals surface area contributed by atoms with Crippen LogP contribution < -0.4 is 10.6 Å². The van der Waals surface area contributed by atoms with E-state index in [0.717, 1.165) is 38.3 Å². The highest BCUT2D eigenvalue weighted by Crippen LogP contribution is 2.20. The highest BCUT2D eigenvalue weighted by molar-refractivity contribution is 6.35. The molecule has 1 fully saturated rings. The van der Waals surface area contributed by atoms with E-state index >= 15 is 0 Å². The Labute approximate surface area is 154 Å². The molecule has 2 heterocycles. The van der Waals surface area contributed by atoms with Crippen LogP contribution in [0.25, 0.3) is 0 Å². The molecule has 8 heteroatoms. The number of piperazine rings is 1. The van der Waals surface area contributed by atoms with Crippen molar-refractivity contribution < 1.29 is 14.3 Å². The molecule has 0 spiro atoms. The van der Waals surface area contributed by atoms with Crippen molar-refractivity contribution in [2.45, 2.75) is 13.0 Å². The normalized spacial score (nSPS) is 16.8. The van der Waals surface area contributed by atoms with Gasteiger partial charge in [-0.1, -0.05) is 13.0 Å². The lowest BCUT2D eigenvalue weighted by molar-refractivity contribution is -0.139. The molecule has 0 unspecified atom stereocenters. The minimum Gasteiger partial charge on any atom is -0.383 e. The zero-order chi connectivity index (χ0) is 18.8. The van der Waals surface area contributed by atoms with E-state index in [0.29, 0.717) is 19.7 Å². The highest BCUT2D eigenvalue weighted by atomic mass is 16.5. The molecular weight excluding hydrogens is 334 g/mol. The van der Waals surface area contributed by atoms with E-state index in [4.69, 9.17) is 4.74 Å². The summed E-state index contributed by atoms with van der Waals surface area (Å²) in [5.74, 6) is -1.26. The largest absolute Gasteiger partial charge is 0.383 e. The molecule has 1 aliphatic heterocycles. The zero-order valence-electron chi connectivity index (χ0n) is 15.6. The number of pyridine rings is 1. The summed E-state index contributed by atoms with van der Waals surface area (Å²) in [5.41, 5.74) is 1.04. The van der Waals surface area contributed by atoms with Crippen molar-refractivity contribution in [1.29, 1.82) is 0 Å². The molecule has 2 amide bonds. The number of amides is 2. The van der Waals surface area contributed by atoms with Gasteiger partial charge in [0, 0.05) is 58.8 Å². The minimum atomic E-state index is -0.636. The molecule has 26 heavy (non-hydrogen) atoms. The number of nitrogens with one attached hydrogen (secondary N) is 2. The van der Waals surface area contributed by atoms with Crippen molar-refractivity contribution in [2.24, 2.45) is 0 Å². The number of aromatic nitrogens is 1. The topological polar surface area (TPSA) is 86.8 Å². The number of carbonyl (C=O) groups is 2. The first kappa shape index (κ1) is 20.3. The number of hydrogen-bond acceptors (Lipinski definition) is 6. The van der Waals surface area contributed by atoms with Gasteiger partial charge < -0.3 is 20.3 Å². The Hall–Kier alpha value is -2.03. The molecule has 2 N–H and O–H groups in total. The number of methoxy groups -OCH3 is 1. The van der Waals surface area contributed by atoms with E-state index in [1.54, 1.807) is 13.3 Å². The number of ether oxygens (including phenoxy) is 1. The van der Waals surface area contributed by atoms with Gasteiger partial charge in [-0.25, -0.2) is 0 Å². The van der Waals surface area contributed by atoms with Crippen LogP contribution in [-0.4, -0.2) is 86.1 Å². The predicted octanol–water partition coefficient (Wildman–Crippen LogP) is -0.361. The number of nitrogens with zero attached hydrogens (tertiary/aromatic N) is 3. The van der Waals surface area contributed by atoms with Gasteiger partial charge in [-0.05, 0) is 18.2 Å². The number of likely N-dealkylation sites (N-methyl/N-ethyl adjacent to an activating group) is 1. The average molecular weight is 363 g/mol. The monoisotopic (exact) mass is 363 g/mol. The second-order valence-corrected chi connectivity index (χ2v) is 6.23. The van der Waals surface area contributed by atoms with Crippen molar-refractivity contribution in [3.8, 4) is 0 Å². The van der Waals surface area contributed by atoms with Crippen LogP contribution in [-0.2, 0) is 14.3 Å². The van der Waals surface area contributed by atoms with Crippen molar-refractivity contribution in [1.82, 2.24) is 25.4 Å². The summed E-state index contributed by atoms with van der Waals surface area (Å²) in [6.07, 6.45) is 3.55. The SMILES string of the molecule is CCN1CCN([C@H](CNC(=O)C(=O)NCCOC)c2cccnc2)CC1. The summed E-state index contributed by atoms with van der Waals surface area (Å²) in [5, 5.41) is 5.29. The molecule has 1 saturated heterocycles. The predicted molar refractivity (Wildman–Crippen MR) is 98.6 cm³/mol. The smallest absolute Gasteiger partial charge is 0.309 e. The lowest BCUT2D eigenvalue weighted by atomic mass is 10.1. The van der Waals surface area contributed by atoms with Crippen LogP contribution >= 0.6 is 0 Å². The molecule has 0 saturated carbocycles. The van der Waals surface area contributed by atoms with Crippen molar-refractivity contribution in [3.63, 3.8) is 0 Å². The molecular formula is C18H29N5O3. The lowest BCUT2D eigenvalue weighted by Crippen LogP contribution is -2.50. The third kappa shape index (κ3) is 6.05. The van der Waals surface area contributed by atoms with Crippen molar-refractivity contribution >= 4 is 11.8 Å². The molecule has 0 radical (unpaired) electrons. The van der Waals surface area contributed by atoms with E-state index in [9.17, 15) is 9.59 Å². The van der Waals surface area contributed by atoms with Crippen molar-refractivity contribution in [3.05, 3.63) is 30.1 Å². The summed E-state index contributed by atoms with van der Waals surface area (Å²) in [6, 6.07) is 3.90. The van der Waals surface area contributed by atoms with Gasteiger partial charge in [0.1, 0.15) is 0 Å². The Morgan fingerprint density at radius 2 is 1.96 bits per heavy atom. The summed E-state index contributed by atoms with van der Waals surface area (Å²) in [6.45, 7) is 8.10. The number of carbonyl (C=O) groups excluding carboxylic acids is 2. The van der Waals surface area contributed by atoms with Gasteiger partial charge in [0.05, 0.1) is 12.6 Å². The second kappa shape index (κ2) is 10.8. The van der Waals surface area contributed by atoms with Gasteiger partial charge in [-0.3, -0.25) is 19.5 Å². The van der Waals surface area contributed by atoms with E-state index < -0.39 is 11.8 Å². The fraction of sp³-hybridized carbons (Fsp3) is 0.611. The van der Waals surface area contributed by atoms with Crippen LogP contribution in [0.15, 0.2) is 24.5 Å². The first-order valence-electron chi connectivity index (χ1n) is 9.07. The summed E-state index contributed by atoms with van der Waals surface area (Å²) < 4.78 is 4.86. The Morgan fingerprint density at radius 1 is 1.23 bits per heavy atom. The Kier molecular flexibility index (Phi) is 8.46. The molecule has 8 nitrogen and oxygen atoms in total. The number of hydrogen-bond donors (Lipinski definition) is 2. The Bertz CT molecular complexity index is 561. The van der Waals surface area contributed by atoms with Gasteiger partial charge in [-0.15, -0.1) is 0 Å². The average Bonchev–Trinajstić information content (AvgIpc) is 2.69. The van der Waals surface area contributed by atoms with E-state index in [1.807, 2.05) is 18.3 Å². The van der Waals surface area contributed by atoms with Gasteiger partial charge in [0.2, 0.25) is 0 Å². The summed E-state index contributed by atoms with van der Waals surface area (Å²) in [4.78, 5) is 32.8. The second-order valence-electron chi connectivity index (χ2n) is 6.23. The fourth-order valence-electron chi connectivity index (χ4n) is 3.04. The van der Waals surface area contributed by atoms with Crippen LogP contribution in [0.1, 0.15) is 18.5 Å². The molecule has 2 rings (SSSR count). The zero-order valence-corrected chi connectivity index (χ0v) is 15.6. The Morgan fingerprint density at radius 3 is 2.58 bits per heavy atom. The van der Waals surface area contributed by atoms with E-state index in [1.165, 1.54) is 0 Å². The molecule has 0 bridgehead atoms. The lowest BCUT2D eigenvalue weighted by Gasteiger charge is -2.39. The van der Waals surface area contributed by atoms with Gasteiger partial charge in [0.15, 0.2) is 0 Å². The van der Waals surface area contributed by atoms with Gasteiger partial charge >= 0.3 is 11.8 Å². The minimum absolute atomic E-state index is 0.00145. The molecule has 1 atom stereocenters. The Balaban J connectivity index is 1.95. The quantitative estimate of drug-likeness (QED) is 0.485. The summed E-state index contributed by atoms with van der Waals surface area (Å²) >= 11 is 0. The van der Waals surface area contributed by atoms with Crippen LogP contribution in [0.4, 0.5) is 0 Å². The first-order valence-corrected chi connectivity index (χ1v) is 9.07. The molecule has 144 valence electrons.